The highest BCUT2D eigenvalue weighted by atomic mass is 35.5. The molecule has 2 rings (SSSR count). The van der Waals surface area contributed by atoms with Gasteiger partial charge in [-0.2, -0.15) is 5.26 Å². The minimum atomic E-state index is -0.296. The molecule has 0 fully saturated rings. The molecule has 1 amide bonds. The third kappa shape index (κ3) is 7.36. The van der Waals surface area contributed by atoms with Crippen LogP contribution in [0.25, 0.3) is 0 Å². The molecule has 0 aliphatic rings. The number of hydrogen-bond donors (Lipinski definition) is 4. The number of carbonyl (C=O) groups excluding carboxylic acids is 1. The van der Waals surface area contributed by atoms with Crippen molar-refractivity contribution in [1.82, 2.24) is 15.3 Å². The molecule has 0 aliphatic heterocycles. The molecule has 1 aromatic heterocycles. The number of nitrogen functional groups attached to an aromatic ring is 1. The van der Waals surface area contributed by atoms with Crippen molar-refractivity contribution in [1.29, 1.82) is 5.26 Å². The summed E-state index contributed by atoms with van der Waals surface area (Å²) in [6.07, 6.45) is 3.24. The predicted octanol–water partition coefficient (Wildman–Crippen LogP) is 1.76. The molecular formula is C21H28ClN7O2. The molecule has 31 heavy (non-hydrogen) atoms. The number of anilines is 2. The maximum absolute atomic E-state index is 12.5. The summed E-state index contributed by atoms with van der Waals surface area (Å²) >= 11 is 5.93. The van der Waals surface area contributed by atoms with E-state index in [1.165, 1.54) is 6.33 Å². The van der Waals surface area contributed by atoms with Gasteiger partial charge in [0.1, 0.15) is 23.8 Å². The molecule has 0 radical (unpaired) electrons. The highest BCUT2D eigenvalue weighted by Gasteiger charge is 2.18. The van der Waals surface area contributed by atoms with Gasteiger partial charge in [0.05, 0.1) is 6.04 Å². The number of nitriles is 1. The van der Waals surface area contributed by atoms with Gasteiger partial charge >= 0.3 is 0 Å². The number of rotatable bonds is 12. The maximum Gasteiger partial charge on any atom is 0.220 e. The van der Waals surface area contributed by atoms with Gasteiger partial charge in [-0.3, -0.25) is 4.79 Å². The Hall–Kier alpha value is -2.93. The number of carbonyl (C=O) groups is 1. The number of halogens is 1. The molecule has 0 saturated carbocycles. The SMILES string of the molecule is N#Cc1c(N)ncnc1N(CCCN)CCCC(=O)N[C@@H](CCO)c1ccc(Cl)cc1. The number of hydrogen-bond acceptors (Lipinski definition) is 8. The third-order valence-electron chi connectivity index (χ3n) is 4.76. The zero-order valence-electron chi connectivity index (χ0n) is 17.3. The highest BCUT2D eigenvalue weighted by molar-refractivity contribution is 6.30. The van der Waals surface area contributed by atoms with Crippen molar-refractivity contribution in [3.05, 3.63) is 46.7 Å². The van der Waals surface area contributed by atoms with Crippen molar-refractivity contribution in [3.8, 4) is 6.07 Å². The van der Waals surface area contributed by atoms with Crippen LogP contribution in [0.4, 0.5) is 11.6 Å². The molecule has 6 N–H and O–H groups in total. The van der Waals surface area contributed by atoms with Crippen LogP contribution in [-0.4, -0.2) is 47.2 Å². The smallest absolute Gasteiger partial charge is 0.220 e. The maximum atomic E-state index is 12.5. The van der Waals surface area contributed by atoms with Gasteiger partial charge in [-0.15, -0.1) is 0 Å². The van der Waals surface area contributed by atoms with Gasteiger partial charge in [-0.1, -0.05) is 23.7 Å². The first-order valence-corrected chi connectivity index (χ1v) is 10.5. The Kier molecular flexibility index (Phi) is 9.97. The zero-order chi connectivity index (χ0) is 22.6. The second kappa shape index (κ2) is 12.7. The Bertz CT molecular complexity index is 886. The number of nitrogens with zero attached hydrogens (tertiary/aromatic N) is 4. The molecule has 9 nitrogen and oxygen atoms in total. The van der Waals surface area contributed by atoms with Crippen molar-refractivity contribution < 1.29 is 9.90 Å². The van der Waals surface area contributed by atoms with E-state index in [4.69, 9.17) is 23.1 Å². The normalized spacial score (nSPS) is 11.5. The van der Waals surface area contributed by atoms with Crippen LogP contribution in [0.2, 0.25) is 5.02 Å². The average Bonchev–Trinajstić information content (AvgIpc) is 2.76. The average molecular weight is 446 g/mol. The van der Waals surface area contributed by atoms with Crippen molar-refractivity contribution in [2.24, 2.45) is 5.73 Å². The van der Waals surface area contributed by atoms with E-state index >= 15 is 0 Å². The van der Waals surface area contributed by atoms with Crippen molar-refractivity contribution in [2.45, 2.75) is 31.7 Å². The van der Waals surface area contributed by atoms with Crippen LogP contribution in [0, 0.1) is 11.3 Å². The Morgan fingerprint density at radius 2 is 1.97 bits per heavy atom. The molecule has 10 heteroatoms. The first-order valence-electron chi connectivity index (χ1n) is 10.1. The second-order valence-corrected chi connectivity index (χ2v) is 7.42. The topological polar surface area (TPSA) is 154 Å². The first kappa shape index (κ1) is 24.3. The number of nitrogens with two attached hydrogens (primary N) is 2. The number of benzene rings is 1. The van der Waals surface area contributed by atoms with E-state index in [9.17, 15) is 15.2 Å². The number of amides is 1. The lowest BCUT2D eigenvalue weighted by Crippen LogP contribution is -2.32. The zero-order valence-corrected chi connectivity index (χ0v) is 18.1. The minimum absolute atomic E-state index is 0.0491. The lowest BCUT2D eigenvalue weighted by Gasteiger charge is -2.25. The fourth-order valence-electron chi connectivity index (χ4n) is 3.19. The lowest BCUT2D eigenvalue weighted by atomic mass is 10.0. The Morgan fingerprint density at radius 1 is 1.26 bits per heavy atom. The Morgan fingerprint density at radius 3 is 2.61 bits per heavy atom. The molecule has 0 unspecified atom stereocenters. The first-order chi connectivity index (χ1) is 15.0. The molecular weight excluding hydrogens is 418 g/mol. The Balaban J connectivity index is 1.99. The summed E-state index contributed by atoms with van der Waals surface area (Å²) in [5, 5.41) is 22.3. The summed E-state index contributed by atoms with van der Waals surface area (Å²) in [5.74, 6) is 0.441. The number of nitrogens with one attached hydrogen (secondary N) is 1. The van der Waals surface area contributed by atoms with Crippen molar-refractivity contribution >= 4 is 29.1 Å². The van der Waals surface area contributed by atoms with E-state index in [0.29, 0.717) is 49.7 Å². The van der Waals surface area contributed by atoms with Gasteiger partial charge in [-0.05, 0) is 43.5 Å². The van der Waals surface area contributed by atoms with Crippen LogP contribution in [0.15, 0.2) is 30.6 Å². The monoisotopic (exact) mass is 445 g/mol. The van der Waals surface area contributed by atoms with Crippen molar-refractivity contribution in [2.75, 3.05) is 36.9 Å². The van der Waals surface area contributed by atoms with E-state index in [1.54, 1.807) is 12.1 Å². The fourth-order valence-corrected chi connectivity index (χ4v) is 3.31. The molecule has 1 heterocycles. The van der Waals surface area contributed by atoms with Crippen LogP contribution >= 0.6 is 11.6 Å². The van der Waals surface area contributed by atoms with E-state index < -0.39 is 0 Å². The van der Waals surface area contributed by atoms with Crippen LogP contribution in [0.5, 0.6) is 0 Å². The lowest BCUT2D eigenvalue weighted by molar-refractivity contribution is -0.122. The fraction of sp³-hybridized carbons (Fsp3) is 0.429. The van der Waals surface area contributed by atoms with Gasteiger partial charge in [0, 0.05) is 31.1 Å². The molecule has 1 atom stereocenters. The number of aliphatic hydroxyl groups excluding tert-OH is 1. The van der Waals surface area contributed by atoms with Crippen LogP contribution in [-0.2, 0) is 4.79 Å². The molecule has 0 saturated heterocycles. The van der Waals surface area contributed by atoms with Crippen molar-refractivity contribution in [3.63, 3.8) is 0 Å². The van der Waals surface area contributed by atoms with Gasteiger partial charge in [0.15, 0.2) is 5.82 Å². The summed E-state index contributed by atoms with van der Waals surface area (Å²) < 4.78 is 0. The van der Waals surface area contributed by atoms with Gasteiger partial charge < -0.3 is 26.8 Å². The van der Waals surface area contributed by atoms with Gasteiger partial charge in [0.25, 0.3) is 0 Å². The number of aromatic nitrogens is 2. The second-order valence-electron chi connectivity index (χ2n) is 6.99. The summed E-state index contributed by atoms with van der Waals surface area (Å²) in [5.41, 5.74) is 12.5. The molecule has 166 valence electrons. The summed E-state index contributed by atoms with van der Waals surface area (Å²) in [7, 11) is 0. The quantitative estimate of drug-likeness (QED) is 0.385. The van der Waals surface area contributed by atoms with E-state index in [1.807, 2.05) is 23.1 Å². The minimum Gasteiger partial charge on any atom is -0.396 e. The Labute approximate surface area is 187 Å². The summed E-state index contributed by atoms with van der Waals surface area (Å²) in [6.45, 7) is 1.53. The standard InChI is InChI=1S/C21H28ClN7O2/c22-16-6-4-15(5-7-16)18(8-12-30)28-19(31)3-1-10-29(11-2-9-23)21-17(13-24)20(25)26-14-27-21/h4-7,14,18,30H,1-3,8-12,23H2,(H,28,31)(H2,25,26,27)/t18-/m0/s1. The number of aliphatic hydroxyl groups is 1. The highest BCUT2D eigenvalue weighted by Crippen LogP contribution is 2.22. The van der Waals surface area contributed by atoms with Gasteiger partial charge in [0.2, 0.25) is 5.91 Å². The van der Waals surface area contributed by atoms with Gasteiger partial charge in [-0.25, -0.2) is 9.97 Å². The third-order valence-corrected chi connectivity index (χ3v) is 5.01. The van der Waals surface area contributed by atoms with E-state index in [2.05, 4.69) is 15.3 Å². The van der Waals surface area contributed by atoms with Crippen LogP contribution in [0.3, 0.4) is 0 Å². The molecule has 0 bridgehead atoms. The van der Waals surface area contributed by atoms with E-state index in [0.717, 1.165) is 5.56 Å². The molecule has 1 aromatic carbocycles. The largest absolute Gasteiger partial charge is 0.396 e. The molecule has 2 aromatic rings. The summed E-state index contributed by atoms with van der Waals surface area (Å²) in [6, 6.07) is 8.92. The molecule has 0 aliphatic carbocycles. The van der Waals surface area contributed by atoms with Crippen LogP contribution < -0.4 is 21.7 Å². The van der Waals surface area contributed by atoms with Crippen LogP contribution in [0.1, 0.15) is 42.9 Å². The predicted molar refractivity (Wildman–Crippen MR) is 120 cm³/mol. The molecule has 0 spiro atoms. The van der Waals surface area contributed by atoms with E-state index in [-0.39, 0.29) is 36.4 Å². The summed E-state index contributed by atoms with van der Waals surface area (Å²) in [4.78, 5) is 22.5.